The van der Waals surface area contributed by atoms with Crippen LogP contribution >= 0.6 is 0 Å². The van der Waals surface area contributed by atoms with E-state index in [1.807, 2.05) is 50.2 Å². The maximum absolute atomic E-state index is 13.4. The Bertz CT molecular complexity index is 1630. The number of ether oxygens (including phenoxy) is 2. The van der Waals surface area contributed by atoms with Gasteiger partial charge in [-0.3, -0.25) is 13.9 Å². The van der Waals surface area contributed by atoms with Gasteiger partial charge in [0.05, 0.1) is 42.1 Å². The molecule has 5 rings (SSSR count). The second-order valence-corrected chi connectivity index (χ2v) is 12.2. The largest absolute Gasteiger partial charge is 0.490 e. The molecule has 0 saturated carbocycles. The highest BCUT2D eigenvalue weighted by molar-refractivity contribution is 7.92. The standard InChI is InChI=1S/C32H36N4O6S/c1-4-41-27-19-25-26(20-28(27)42-5-2)34-32(38)30(25)31(22-11-7-6-8-12-22)33-23-13-15-24(16-14-23)36(43(3,39)40)21-29(37)35-17-9-10-18-35/h6-8,11-16,19-20,33H,4-5,9-10,17-18,21H2,1-3H3,(H,34,38)/b31-30-. The maximum atomic E-state index is 13.4. The molecule has 2 aliphatic heterocycles. The highest BCUT2D eigenvalue weighted by Crippen LogP contribution is 2.43. The smallest absolute Gasteiger partial charge is 0.258 e. The van der Waals surface area contributed by atoms with E-state index in [2.05, 4.69) is 10.6 Å². The predicted octanol–water partition coefficient (Wildman–Crippen LogP) is 4.80. The number of anilines is 3. The Morgan fingerprint density at radius 1 is 0.953 bits per heavy atom. The quantitative estimate of drug-likeness (QED) is 0.302. The van der Waals surface area contributed by atoms with Crippen molar-refractivity contribution in [1.82, 2.24) is 4.90 Å². The van der Waals surface area contributed by atoms with Gasteiger partial charge in [0.25, 0.3) is 5.91 Å². The van der Waals surface area contributed by atoms with Gasteiger partial charge >= 0.3 is 0 Å². The first-order chi connectivity index (χ1) is 20.7. The molecule has 2 aliphatic rings. The van der Waals surface area contributed by atoms with Crippen LogP contribution in [0.5, 0.6) is 11.5 Å². The summed E-state index contributed by atoms with van der Waals surface area (Å²) in [5, 5.41) is 6.35. The van der Waals surface area contributed by atoms with Gasteiger partial charge in [-0.2, -0.15) is 0 Å². The van der Waals surface area contributed by atoms with E-state index < -0.39 is 10.0 Å². The van der Waals surface area contributed by atoms with Crippen LogP contribution in [0.4, 0.5) is 17.1 Å². The van der Waals surface area contributed by atoms with E-state index in [0.717, 1.165) is 29.0 Å². The molecule has 43 heavy (non-hydrogen) atoms. The lowest BCUT2D eigenvalue weighted by atomic mass is 9.99. The fraction of sp³-hybridized carbons (Fsp3) is 0.312. The van der Waals surface area contributed by atoms with E-state index in [9.17, 15) is 18.0 Å². The second-order valence-electron chi connectivity index (χ2n) is 10.3. The third-order valence-electron chi connectivity index (χ3n) is 7.30. The Morgan fingerprint density at radius 2 is 1.58 bits per heavy atom. The average molecular weight is 605 g/mol. The monoisotopic (exact) mass is 604 g/mol. The van der Waals surface area contributed by atoms with Crippen LogP contribution in [0.15, 0.2) is 66.7 Å². The van der Waals surface area contributed by atoms with Crippen molar-refractivity contribution in [2.75, 3.05) is 54.0 Å². The number of hydrogen-bond donors (Lipinski definition) is 2. The van der Waals surface area contributed by atoms with Gasteiger partial charge in [0.15, 0.2) is 11.5 Å². The zero-order valence-corrected chi connectivity index (χ0v) is 25.4. The van der Waals surface area contributed by atoms with Crippen LogP contribution in [0.1, 0.15) is 37.8 Å². The molecule has 0 aromatic heterocycles. The molecule has 1 fully saturated rings. The summed E-state index contributed by atoms with van der Waals surface area (Å²) in [5.74, 6) is 0.593. The Morgan fingerprint density at radius 3 is 2.19 bits per heavy atom. The third-order valence-corrected chi connectivity index (χ3v) is 8.44. The fourth-order valence-corrected chi connectivity index (χ4v) is 6.14. The van der Waals surface area contributed by atoms with E-state index in [-0.39, 0.29) is 18.4 Å². The summed E-state index contributed by atoms with van der Waals surface area (Å²) < 4.78 is 38.0. The zero-order valence-electron chi connectivity index (χ0n) is 24.6. The van der Waals surface area contributed by atoms with Gasteiger partial charge in [0.1, 0.15) is 6.54 Å². The van der Waals surface area contributed by atoms with E-state index in [1.54, 1.807) is 35.2 Å². The molecule has 3 aromatic carbocycles. The molecular formula is C32H36N4O6S. The van der Waals surface area contributed by atoms with Gasteiger partial charge in [-0.15, -0.1) is 0 Å². The van der Waals surface area contributed by atoms with Crippen LogP contribution in [-0.2, 0) is 19.6 Å². The number of rotatable bonds is 11. The first kappa shape index (κ1) is 30.0. The first-order valence-corrected chi connectivity index (χ1v) is 16.2. The van der Waals surface area contributed by atoms with Crippen LogP contribution < -0.4 is 24.4 Å². The SMILES string of the molecule is CCOc1cc2c(cc1OCC)/C(=C(/Nc1ccc(N(CC(=O)N3CCCC3)S(C)(=O)=O)cc1)c1ccccc1)C(=O)N2. The van der Waals surface area contributed by atoms with Gasteiger partial charge in [-0.25, -0.2) is 8.42 Å². The summed E-state index contributed by atoms with van der Waals surface area (Å²) >= 11 is 0. The number of carbonyl (C=O) groups is 2. The minimum absolute atomic E-state index is 0.217. The van der Waals surface area contributed by atoms with Crippen molar-refractivity contribution in [3.8, 4) is 11.5 Å². The highest BCUT2D eigenvalue weighted by Gasteiger charge is 2.31. The maximum Gasteiger partial charge on any atom is 0.258 e. The minimum atomic E-state index is -3.71. The molecule has 0 aliphatic carbocycles. The molecule has 2 N–H and O–H groups in total. The first-order valence-electron chi connectivity index (χ1n) is 14.4. The molecule has 1 saturated heterocycles. The average Bonchev–Trinajstić information content (AvgIpc) is 3.63. The highest BCUT2D eigenvalue weighted by atomic mass is 32.2. The molecule has 10 nitrogen and oxygen atoms in total. The topological polar surface area (TPSA) is 117 Å². The molecular weight excluding hydrogens is 568 g/mol. The molecule has 2 heterocycles. The van der Waals surface area contributed by atoms with Gasteiger partial charge < -0.3 is 25.0 Å². The zero-order chi connectivity index (χ0) is 30.6. The van der Waals surface area contributed by atoms with Crippen molar-refractivity contribution in [2.45, 2.75) is 26.7 Å². The number of carbonyl (C=O) groups excluding carboxylic acids is 2. The summed E-state index contributed by atoms with van der Waals surface area (Å²) in [6.45, 7) is 5.69. The number of nitrogens with zero attached hydrogens (tertiary/aromatic N) is 2. The molecule has 3 aromatic rings. The molecule has 11 heteroatoms. The Kier molecular flexibility index (Phi) is 8.91. The van der Waals surface area contributed by atoms with Crippen molar-refractivity contribution in [2.24, 2.45) is 0 Å². The van der Waals surface area contributed by atoms with Gasteiger partial charge in [0.2, 0.25) is 15.9 Å². The van der Waals surface area contributed by atoms with Crippen molar-refractivity contribution in [3.05, 3.63) is 77.9 Å². The number of nitrogens with one attached hydrogen (secondary N) is 2. The Hall–Kier alpha value is -4.51. The number of hydrogen-bond acceptors (Lipinski definition) is 7. The van der Waals surface area contributed by atoms with E-state index in [0.29, 0.717) is 71.7 Å². The van der Waals surface area contributed by atoms with Crippen LogP contribution in [-0.4, -0.2) is 64.2 Å². The van der Waals surface area contributed by atoms with E-state index in [4.69, 9.17) is 9.47 Å². The van der Waals surface area contributed by atoms with Gasteiger partial charge in [-0.1, -0.05) is 30.3 Å². The summed E-state index contributed by atoms with van der Waals surface area (Å²) in [5.41, 5.74) is 4.08. The van der Waals surface area contributed by atoms with Crippen molar-refractivity contribution in [1.29, 1.82) is 0 Å². The molecule has 0 spiro atoms. The van der Waals surface area contributed by atoms with Gasteiger partial charge in [0, 0.05) is 30.4 Å². The molecule has 2 amide bonds. The lowest BCUT2D eigenvalue weighted by molar-refractivity contribution is -0.128. The van der Waals surface area contributed by atoms with Crippen LogP contribution in [0.3, 0.4) is 0 Å². The van der Waals surface area contributed by atoms with E-state index in [1.165, 1.54) is 0 Å². The lowest BCUT2D eigenvalue weighted by Gasteiger charge is -2.25. The summed E-state index contributed by atoms with van der Waals surface area (Å²) in [6.07, 6.45) is 2.94. The van der Waals surface area contributed by atoms with Crippen LogP contribution in [0.25, 0.3) is 11.3 Å². The lowest BCUT2D eigenvalue weighted by Crippen LogP contribution is -2.41. The summed E-state index contributed by atoms with van der Waals surface area (Å²) in [7, 11) is -3.71. The fourth-order valence-electron chi connectivity index (χ4n) is 5.29. The van der Waals surface area contributed by atoms with Crippen molar-refractivity contribution < 1.29 is 27.5 Å². The number of likely N-dealkylation sites (tertiary alicyclic amines) is 1. The minimum Gasteiger partial charge on any atom is -0.490 e. The third kappa shape index (κ3) is 6.61. The molecule has 0 radical (unpaired) electrons. The molecule has 0 atom stereocenters. The molecule has 226 valence electrons. The number of fused-ring (bicyclic) bond motifs is 1. The van der Waals surface area contributed by atoms with Gasteiger partial charge in [-0.05, 0) is 62.6 Å². The summed E-state index contributed by atoms with van der Waals surface area (Å²) in [6, 6.07) is 19.8. The van der Waals surface area contributed by atoms with Crippen LogP contribution in [0, 0.1) is 0 Å². The summed E-state index contributed by atoms with van der Waals surface area (Å²) in [4.78, 5) is 27.9. The molecule has 0 unspecified atom stereocenters. The van der Waals surface area contributed by atoms with Crippen molar-refractivity contribution >= 4 is 50.2 Å². The Balaban J connectivity index is 1.51. The van der Waals surface area contributed by atoms with Crippen molar-refractivity contribution in [3.63, 3.8) is 0 Å². The molecule has 0 bridgehead atoms. The second kappa shape index (κ2) is 12.8. The predicted molar refractivity (Wildman–Crippen MR) is 169 cm³/mol. The number of sulfonamides is 1. The number of benzene rings is 3. The Labute approximate surface area is 252 Å². The normalized spacial score (nSPS) is 15.5. The van der Waals surface area contributed by atoms with E-state index >= 15 is 0 Å². The van der Waals surface area contributed by atoms with Crippen LogP contribution in [0.2, 0.25) is 0 Å². The number of amides is 2.